The topological polar surface area (TPSA) is 41.1 Å². The van der Waals surface area contributed by atoms with E-state index in [1.54, 1.807) is 11.3 Å². The molecule has 19 heavy (non-hydrogen) atoms. The van der Waals surface area contributed by atoms with Crippen molar-refractivity contribution in [3.05, 3.63) is 20.8 Å². The number of thiophene rings is 1. The molecule has 0 aromatic carbocycles. The van der Waals surface area contributed by atoms with E-state index >= 15 is 0 Å². The first-order valence-electron chi connectivity index (χ1n) is 6.06. The van der Waals surface area contributed by atoms with Gasteiger partial charge in [0.15, 0.2) is 0 Å². The molecule has 1 atom stereocenters. The highest BCUT2D eigenvalue weighted by Gasteiger charge is 2.16. The maximum atomic E-state index is 11.7. The van der Waals surface area contributed by atoms with Gasteiger partial charge in [-0.05, 0) is 34.5 Å². The van der Waals surface area contributed by atoms with Gasteiger partial charge >= 0.3 is 0 Å². The molecule has 2 heterocycles. The fourth-order valence-corrected chi connectivity index (χ4v) is 4.29. The third-order valence-electron chi connectivity index (χ3n) is 2.75. The molecule has 3 nitrogen and oxygen atoms in total. The fraction of sp³-hybridized carbons (Fsp3) is 0.583. The van der Waals surface area contributed by atoms with Gasteiger partial charge in [0, 0.05) is 41.9 Å². The Hall–Kier alpha value is 0.250. The predicted molar refractivity (Wildman–Crippen MR) is 89.7 cm³/mol. The molecule has 0 bridgehead atoms. The average molecular weight is 386 g/mol. The summed E-state index contributed by atoms with van der Waals surface area (Å²) in [6.45, 7) is 1.75. The van der Waals surface area contributed by atoms with Gasteiger partial charge in [0.25, 0.3) is 0 Å². The van der Waals surface area contributed by atoms with E-state index < -0.39 is 0 Å². The smallest absolute Gasteiger partial charge is 0.221 e. The third-order valence-corrected chi connectivity index (χ3v) is 5.57. The van der Waals surface area contributed by atoms with E-state index in [4.69, 9.17) is 0 Å². The summed E-state index contributed by atoms with van der Waals surface area (Å²) in [4.78, 5) is 13.0. The molecule has 0 saturated carbocycles. The second-order valence-corrected chi connectivity index (χ2v) is 7.93. The van der Waals surface area contributed by atoms with Crippen LogP contribution in [0.4, 0.5) is 0 Å². The van der Waals surface area contributed by atoms with Gasteiger partial charge < -0.3 is 10.6 Å². The number of rotatable bonds is 5. The molecule has 1 saturated heterocycles. The Balaban J connectivity index is 0.00000180. The molecular formula is C12H18BrClN2OS2. The van der Waals surface area contributed by atoms with E-state index in [1.807, 2.05) is 17.8 Å². The Labute approximate surface area is 136 Å². The number of carbonyl (C=O) groups excluding carboxylic acids is 1. The van der Waals surface area contributed by atoms with E-state index in [0.717, 1.165) is 34.8 Å². The first kappa shape index (κ1) is 17.3. The van der Waals surface area contributed by atoms with Crippen molar-refractivity contribution in [2.75, 3.05) is 24.6 Å². The average Bonchev–Trinajstić information content (AvgIpc) is 2.76. The molecule has 1 unspecified atom stereocenters. The number of hydrogen-bond acceptors (Lipinski definition) is 4. The predicted octanol–water partition coefficient (Wildman–Crippen LogP) is 2.69. The molecule has 0 radical (unpaired) electrons. The van der Waals surface area contributed by atoms with Crippen molar-refractivity contribution < 1.29 is 4.79 Å². The number of nitrogens with one attached hydrogen (secondary N) is 2. The molecular weight excluding hydrogens is 368 g/mol. The van der Waals surface area contributed by atoms with Crippen LogP contribution in [0.25, 0.3) is 0 Å². The van der Waals surface area contributed by atoms with Crippen LogP contribution in [0, 0.1) is 0 Å². The zero-order valence-corrected chi connectivity index (χ0v) is 14.5. The Morgan fingerprint density at radius 1 is 1.53 bits per heavy atom. The molecule has 2 rings (SSSR count). The number of carbonyl (C=O) groups is 1. The molecule has 1 amide bonds. The summed E-state index contributed by atoms with van der Waals surface area (Å²) in [6.07, 6.45) is 1.51. The summed E-state index contributed by atoms with van der Waals surface area (Å²) < 4.78 is 1.15. The quantitative estimate of drug-likeness (QED) is 0.819. The molecule has 1 fully saturated rings. The van der Waals surface area contributed by atoms with Crippen LogP contribution < -0.4 is 10.6 Å². The van der Waals surface area contributed by atoms with Crippen LogP contribution in [0.15, 0.2) is 15.9 Å². The van der Waals surface area contributed by atoms with E-state index in [-0.39, 0.29) is 18.3 Å². The Morgan fingerprint density at radius 3 is 3.00 bits per heavy atom. The van der Waals surface area contributed by atoms with E-state index in [2.05, 4.69) is 32.6 Å². The summed E-state index contributed by atoms with van der Waals surface area (Å²) in [7, 11) is 0. The van der Waals surface area contributed by atoms with Crippen LogP contribution in [-0.2, 0) is 11.2 Å². The van der Waals surface area contributed by atoms with Crippen LogP contribution in [-0.4, -0.2) is 36.5 Å². The minimum atomic E-state index is 0. The minimum Gasteiger partial charge on any atom is -0.356 e. The van der Waals surface area contributed by atoms with Crippen molar-refractivity contribution in [1.82, 2.24) is 10.6 Å². The van der Waals surface area contributed by atoms with E-state index in [1.165, 1.54) is 4.88 Å². The molecule has 1 aliphatic rings. The van der Waals surface area contributed by atoms with Crippen LogP contribution in [0.1, 0.15) is 11.3 Å². The molecule has 1 aliphatic heterocycles. The van der Waals surface area contributed by atoms with Crippen LogP contribution in [0.2, 0.25) is 0 Å². The zero-order valence-electron chi connectivity index (χ0n) is 10.5. The van der Waals surface area contributed by atoms with Gasteiger partial charge in [-0.3, -0.25) is 4.79 Å². The first-order chi connectivity index (χ1) is 8.74. The lowest BCUT2D eigenvalue weighted by atomic mass is 10.2. The Kier molecular flexibility index (Phi) is 8.41. The van der Waals surface area contributed by atoms with E-state index in [9.17, 15) is 4.79 Å². The highest BCUT2D eigenvalue weighted by atomic mass is 79.9. The second-order valence-electron chi connectivity index (χ2n) is 4.24. The highest BCUT2D eigenvalue weighted by Crippen LogP contribution is 2.22. The highest BCUT2D eigenvalue weighted by molar-refractivity contribution is 9.11. The number of thioether (sulfide) groups is 1. The summed E-state index contributed by atoms with van der Waals surface area (Å²) >= 11 is 7.09. The fourth-order valence-electron chi connectivity index (χ4n) is 1.86. The van der Waals surface area contributed by atoms with Crippen molar-refractivity contribution in [3.8, 4) is 0 Å². The van der Waals surface area contributed by atoms with Crippen LogP contribution in [0.3, 0.4) is 0 Å². The van der Waals surface area contributed by atoms with Gasteiger partial charge in [-0.1, -0.05) is 0 Å². The van der Waals surface area contributed by atoms with Crippen molar-refractivity contribution in [3.63, 3.8) is 0 Å². The lowest BCUT2D eigenvalue weighted by Gasteiger charge is -2.22. The molecule has 1 aromatic rings. The monoisotopic (exact) mass is 384 g/mol. The molecule has 2 N–H and O–H groups in total. The van der Waals surface area contributed by atoms with Gasteiger partial charge in [-0.25, -0.2) is 0 Å². The first-order valence-corrected chi connectivity index (χ1v) is 8.82. The van der Waals surface area contributed by atoms with Crippen molar-refractivity contribution in [2.45, 2.75) is 18.9 Å². The Bertz CT molecular complexity index is 397. The third kappa shape index (κ3) is 6.49. The lowest BCUT2D eigenvalue weighted by Crippen LogP contribution is -2.41. The SMILES string of the molecule is Cl.O=C(CC1CSCCN1)NCCc1ccc(Br)s1. The van der Waals surface area contributed by atoms with Gasteiger partial charge in [0.2, 0.25) is 5.91 Å². The molecule has 108 valence electrons. The summed E-state index contributed by atoms with van der Waals surface area (Å²) in [5, 5.41) is 6.37. The maximum absolute atomic E-state index is 11.7. The normalized spacial score (nSPS) is 18.7. The van der Waals surface area contributed by atoms with Crippen molar-refractivity contribution >= 4 is 57.3 Å². The van der Waals surface area contributed by atoms with Gasteiger partial charge in [-0.15, -0.1) is 23.7 Å². The van der Waals surface area contributed by atoms with Crippen LogP contribution in [0.5, 0.6) is 0 Å². The van der Waals surface area contributed by atoms with Crippen molar-refractivity contribution in [2.24, 2.45) is 0 Å². The minimum absolute atomic E-state index is 0. The van der Waals surface area contributed by atoms with Gasteiger partial charge in [0.1, 0.15) is 0 Å². The van der Waals surface area contributed by atoms with Crippen molar-refractivity contribution in [1.29, 1.82) is 0 Å². The number of halogens is 2. The molecule has 1 aromatic heterocycles. The number of amides is 1. The lowest BCUT2D eigenvalue weighted by molar-refractivity contribution is -0.121. The summed E-state index contributed by atoms with van der Waals surface area (Å²) in [5.74, 6) is 2.36. The standard InChI is InChI=1S/C12H17BrN2OS2.ClH/c13-11-2-1-10(18-11)3-4-15-12(16)7-9-8-17-6-5-14-9;/h1-2,9,14H,3-8H2,(H,15,16);1H. The summed E-state index contributed by atoms with van der Waals surface area (Å²) in [5.41, 5.74) is 0. The van der Waals surface area contributed by atoms with Gasteiger partial charge in [-0.2, -0.15) is 11.8 Å². The Morgan fingerprint density at radius 2 is 2.37 bits per heavy atom. The number of hydrogen-bond donors (Lipinski definition) is 2. The molecule has 7 heteroatoms. The molecule has 0 spiro atoms. The van der Waals surface area contributed by atoms with Crippen LogP contribution >= 0.6 is 51.4 Å². The van der Waals surface area contributed by atoms with Gasteiger partial charge in [0.05, 0.1) is 3.79 Å². The summed E-state index contributed by atoms with van der Waals surface area (Å²) in [6, 6.07) is 4.49. The largest absolute Gasteiger partial charge is 0.356 e. The van der Waals surface area contributed by atoms with E-state index in [0.29, 0.717) is 12.5 Å². The zero-order chi connectivity index (χ0) is 12.8. The molecule has 0 aliphatic carbocycles. The second kappa shape index (κ2) is 9.23. The maximum Gasteiger partial charge on any atom is 0.221 e.